The topological polar surface area (TPSA) is 56.0 Å². The maximum Gasteiger partial charge on any atom is 0.291 e. The van der Waals surface area contributed by atoms with Gasteiger partial charge in [0.2, 0.25) is 0 Å². The molecule has 0 aromatic carbocycles. The third-order valence-corrected chi connectivity index (χ3v) is 1.81. The third-order valence-electron chi connectivity index (χ3n) is 1.22. The Bertz CT molecular complexity index is 301. The lowest BCUT2D eigenvalue weighted by molar-refractivity contribution is -0.385. The molecule has 0 fully saturated rings. The van der Waals surface area contributed by atoms with Crippen LogP contribution in [0.3, 0.4) is 0 Å². The monoisotopic (exact) mass is 264 g/mol. The van der Waals surface area contributed by atoms with Crippen molar-refractivity contribution >= 4 is 28.3 Å². The average Bonchev–Trinajstić information content (AvgIpc) is 1.94. The Morgan fingerprint density at radius 3 is 2.82 bits per heavy atom. The summed E-state index contributed by atoms with van der Waals surface area (Å²) >= 11 is 1.99. The zero-order chi connectivity index (χ0) is 8.43. The highest BCUT2D eigenvalue weighted by molar-refractivity contribution is 14.1. The van der Waals surface area contributed by atoms with Crippen molar-refractivity contribution in [1.29, 1.82) is 0 Å². The van der Waals surface area contributed by atoms with Gasteiger partial charge in [-0.1, -0.05) is 0 Å². The second-order valence-electron chi connectivity index (χ2n) is 2.02. The molecule has 1 aromatic rings. The van der Waals surface area contributed by atoms with E-state index < -0.39 is 4.92 Å². The molecule has 4 nitrogen and oxygen atoms in total. The lowest BCUT2D eigenvalue weighted by atomic mass is 10.3. The first-order valence-electron chi connectivity index (χ1n) is 2.88. The molecule has 5 heteroatoms. The van der Waals surface area contributed by atoms with Crippen LogP contribution >= 0.6 is 22.6 Å². The Balaban J connectivity index is 3.23. The molecule has 0 aliphatic carbocycles. The van der Waals surface area contributed by atoms with Gasteiger partial charge in [0.25, 0.3) is 5.69 Å². The van der Waals surface area contributed by atoms with Crippen molar-refractivity contribution in [2.45, 2.75) is 6.92 Å². The van der Waals surface area contributed by atoms with E-state index in [1.54, 1.807) is 13.1 Å². The van der Waals surface area contributed by atoms with Gasteiger partial charge in [-0.2, -0.15) is 0 Å². The Hall–Kier alpha value is -0.720. The highest BCUT2D eigenvalue weighted by atomic mass is 127. The van der Waals surface area contributed by atoms with E-state index in [2.05, 4.69) is 4.98 Å². The molecule has 0 spiro atoms. The van der Waals surface area contributed by atoms with E-state index in [1.165, 1.54) is 6.07 Å². The van der Waals surface area contributed by atoms with Crippen LogP contribution in [0.15, 0.2) is 12.3 Å². The molecular formula is C6H5IN2O2. The van der Waals surface area contributed by atoms with Gasteiger partial charge in [0.1, 0.15) is 5.69 Å². The normalized spacial score (nSPS) is 9.64. The van der Waals surface area contributed by atoms with E-state index in [1.807, 2.05) is 22.6 Å². The maximum atomic E-state index is 10.3. The Kier molecular flexibility index (Phi) is 2.38. The Morgan fingerprint density at radius 2 is 2.36 bits per heavy atom. The van der Waals surface area contributed by atoms with Crippen LogP contribution in [0, 0.1) is 20.6 Å². The van der Waals surface area contributed by atoms with Gasteiger partial charge in [0.15, 0.2) is 0 Å². The summed E-state index contributed by atoms with van der Waals surface area (Å²) in [6.07, 6.45) is 1.60. The number of aromatic nitrogens is 1. The molecule has 0 N–H and O–H groups in total. The summed E-state index contributed by atoms with van der Waals surface area (Å²) in [7, 11) is 0. The quantitative estimate of drug-likeness (QED) is 0.442. The summed E-state index contributed by atoms with van der Waals surface area (Å²) in [5.74, 6) is 0. The molecule has 0 bridgehead atoms. The molecule has 0 saturated carbocycles. The van der Waals surface area contributed by atoms with Crippen molar-refractivity contribution in [2.24, 2.45) is 0 Å². The predicted molar refractivity (Wildman–Crippen MR) is 48.3 cm³/mol. The van der Waals surface area contributed by atoms with Gasteiger partial charge in [0, 0.05) is 15.8 Å². The van der Waals surface area contributed by atoms with Crippen molar-refractivity contribution < 1.29 is 4.92 Å². The smallest absolute Gasteiger partial charge is 0.258 e. The van der Waals surface area contributed by atoms with Gasteiger partial charge in [-0.15, -0.1) is 0 Å². The van der Waals surface area contributed by atoms with Gasteiger partial charge >= 0.3 is 0 Å². The molecular weight excluding hydrogens is 259 g/mol. The summed E-state index contributed by atoms with van der Waals surface area (Å²) in [4.78, 5) is 13.8. The molecule has 0 unspecified atom stereocenters. The van der Waals surface area contributed by atoms with Crippen LogP contribution in [0.1, 0.15) is 5.69 Å². The molecule has 0 amide bonds. The van der Waals surface area contributed by atoms with Gasteiger partial charge in [-0.3, -0.25) is 15.1 Å². The second kappa shape index (κ2) is 3.12. The van der Waals surface area contributed by atoms with E-state index >= 15 is 0 Å². The number of nitro groups is 1. The summed E-state index contributed by atoms with van der Waals surface area (Å²) in [5.41, 5.74) is 0.535. The van der Waals surface area contributed by atoms with Crippen LogP contribution < -0.4 is 0 Å². The standard InChI is InChI=1S/C6H5IN2O2/c1-4-6(9(10)11)2-5(7)3-8-4/h2-3H,1H3. The maximum absolute atomic E-state index is 10.3. The lowest BCUT2D eigenvalue weighted by Crippen LogP contribution is -1.94. The summed E-state index contributed by atoms with van der Waals surface area (Å²) in [6, 6.07) is 1.50. The lowest BCUT2D eigenvalue weighted by Gasteiger charge is -1.94. The predicted octanol–water partition coefficient (Wildman–Crippen LogP) is 1.90. The van der Waals surface area contributed by atoms with Crippen LogP contribution in [0.4, 0.5) is 5.69 Å². The first-order chi connectivity index (χ1) is 5.11. The SMILES string of the molecule is Cc1ncc(I)cc1[N+](=O)[O-]. The zero-order valence-electron chi connectivity index (χ0n) is 5.74. The van der Waals surface area contributed by atoms with Crippen molar-refractivity contribution in [1.82, 2.24) is 4.98 Å². The highest BCUT2D eigenvalue weighted by Gasteiger charge is 2.10. The molecule has 0 atom stereocenters. The van der Waals surface area contributed by atoms with Gasteiger partial charge in [0.05, 0.1) is 4.92 Å². The Labute approximate surface area is 76.9 Å². The van der Waals surface area contributed by atoms with Gasteiger partial charge < -0.3 is 0 Å². The van der Waals surface area contributed by atoms with E-state index in [4.69, 9.17) is 0 Å². The molecule has 0 saturated heterocycles. The van der Waals surface area contributed by atoms with Crippen LogP contribution in [0.25, 0.3) is 0 Å². The van der Waals surface area contributed by atoms with Crippen molar-refractivity contribution in [2.75, 3.05) is 0 Å². The van der Waals surface area contributed by atoms with Crippen LogP contribution in [0.5, 0.6) is 0 Å². The number of nitrogens with zero attached hydrogens (tertiary/aromatic N) is 2. The first kappa shape index (κ1) is 8.38. The number of hydrogen-bond donors (Lipinski definition) is 0. The van der Waals surface area contributed by atoms with Gasteiger partial charge in [-0.25, -0.2) is 0 Å². The van der Waals surface area contributed by atoms with E-state index in [-0.39, 0.29) is 5.69 Å². The van der Waals surface area contributed by atoms with Crippen molar-refractivity contribution in [3.63, 3.8) is 0 Å². The largest absolute Gasteiger partial charge is 0.291 e. The van der Waals surface area contributed by atoms with Crippen LogP contribution in [-0.4, -0.2) is 9.91 Å². The van der Waals surface area contributed by atoms with Gasteiger partial charge in [-0.05, 0) is 29.5 Å². The molecule has 0 radical (unpaired) electrons. The number of hydrogen-bond acceptors (Lipinski definition) is 3. The molecule has 0 aliphatic heterocycles. The molecule has 0 aliphatic rings. The number of rotatable bonds is 1. The van der Waals surface area contributed by atoms with Crippen LogP contribution in [-0.2, 0) is 0 Å². The summed E-state index contributed by atoms with van der Waals surface area (Å²) in [6.45, 7) is 1.62. The molecule has 1 aromatic heterocycles. The third kappa shape index (κ3) is 1.86. The molecule has 1 rings (SSSR count). The molecule has 1 heterocycles. The molecule has 58 valence electrons. The summed E-state index contributed by atoms with van der Waals surface area (Å²) in [5, 5.41) is 10.3. The minimum atomic E-state index is -0.426. The minimum absolute atomic E-state index is 0.0805. The van der Waals surface area contributed by atoms with E-state index in [9.17, 15) is 10.1 Å². The Morgan fingerprint density at radius 1 is 1.73 bits per heavy atom. The number of halogens is 1. The second-order valence-corrected chi connectivity index (χ2v) is 3.26. The fourth-order valence-corrected chi connectivity index (χ4v) is 1.12. The first-order valence-corrected chi connectivity index (χ1v) is 3.95. The van der Waals surface area contributed by atoms with E-state index in [0.29, 0.717) is 5.69 Å². The number of pyridine rings is 1. The minimum Gasteiger partial charge on any atom is -0.258 e. The van der Waals surface area contributed by atoms with Crippen molar-refractivity contribution in [3.05, 3.63) is 31.6 Å². The summed E-state index contributed by atoms with van der Waals surface area (Å²) < 4.78 is 0.778. The number of aryl methyl sites for hydroxylation is 1. The van der Waals surface area contributed by atoms with Crippen molar-refractivity contribution in [3.8, 4) is 0 Å². The average molecular weight is 264 g/mol. The highest BCUT2D eigenvalue weighted by Crippen LogP contribution is 2.17. The fourth-order valence-electron chi connectivity index (χ4n) is 0.682. The van der Waals surface area contributed by atoms with Crippen LogP contribution in [0.2, 0.25) is 0 Å². The molecule has 11 heavy (non-hydrogen) atoms. The zero-order valence-corrected chi connectivity index (χ0v) is 7.90. The van der Waals surface area contributed by atoms with E-state index in [0.717, 1.165) is 3.57 Å². The fraction of sp³-hybridized carbons (Fsp3) is 0.167.